The van der Waals surface area contributed by atoms with E-state index in [4.69, 9.17) is 20.4 Å². The van der Waals surface area contributed by atoms with Crippen LogP contribution in [0.3, 0.4) is 0 Å². The molecule has 7 heteroatoms. The lowest BCUT2D eigenvalue weighted by Crippen LogP contribution is -2.68. The Morgan fingerprint density at radius 2 is 1.54 bits per heavy atom. The number of hydrogen-bond acceptors (Lipinski definition) is 4. The highest BCUT2D eigenvalue weighted by Crippen LogP contribution is 2.40. The van der Waals surface area contributed by atoms with Crippen molar-refractivity contribution in [1.82, 2.24) is 0 Å². The zero-order valence-corrected chi connectivity index (χ0v) is 22.0. The van der Waals surface area contributed by atoms with Gasteiger partial charge in [-0.25, -0.2) is 4.79 Å². The van der Waals surface area contributed by atoms with E-state index in [1.165, 1.54) is 6.07 Å². The maximum Gasteiger partial charge on any atom is 0.338 e. The van der Waals surface area contributed by atoms with Crippen molar-refractivity contribution in [3.05, 3.63) is 94.8 Å². The third-order valence-electron chi connectivity index (χ3n) is 6.19. The normalized spacial score (nSPS) is 11.9. The highest BCUT2D eigenvalue weighted by atomic mass is 35.5. The first kappa shape index (κ1) is 24.8. The predicted octanol–water partition coefficient (Wildman–Crippen LogP) is 5.22. The van der Waals surface area contributed by atoms with Gasteiger partial charge in [-0.3, -0.25) is 4.79 Å². The number of anilines is 1. The van der Waals surface area contributed by atoms with Gasteiger partial charge in [-0.2, -0.15) is 0 Å². The molecule has 0 aliphatic rings. The fourth-order valence-corrected chi connectivity index (χ4v) is 9.10. The van der Waals surface area contributed by atoms with E-state index in [2.05, 4.69) is 50.4 Å². The van der Waals surface area contributed by atoms with E-state index in [0.29, 0.717) is 28.0 Å². The Balaban J connectivity index is 1.95. The molecule has 0 atom stereocenters. The zero-order chi connectivity index (χ0) is 25.2. The van der Waals surface area contributed by atoms with Crippen LogP contribution in [0.2, 0.25) is 5.04 Å². The summed E-state index contributed by atoms with van der Waals surface area (Å²) in [5.74, 6) is 0.0232. The molecular weight excluding hydrogens is 478 g/mol. The van der Waals surface area contributed by atoms with E-state index in [-0.39, 0.29) is 10.9 Å². The summed E-state index contributed by atoms with van der Waals surface area (Å²) in [6.45, 7) is 8.48. The third-order valence-corrected chi connectivity index (χ3v) is 11.4. The van der Waals surface area contributed by atoms with E-state index >= 15 is 0 Å². The molecule has 0 bridgehead atoms. The van der Waals surface area contributed by atoms with Gasteiger partial charge in [-0.1, -0.05) is 81.4 Å². The van der Waals surface area contributed by atoms with E-state index in [1.54, 1.807) is 0 Å². The standard InChI is InChI=1S/C28H28ClNO4Si/c1-19-24(16-15-22-23(30-25(31)18-29)17-26(32)33-27(19)22)34-35(28(2,3)4,20-11-7-5-8-12-20)21-13-9-6-10-14-21/h5-17H,18H2,1-4H3,(H,30,31). The minimum Gasteiger partial charge on any atom is -0.534 e. The van der Waals surface area contributed by atoms with Gasteiger partial charge in [0.2, 0.25) is 5.91 Å². The monoisotopic (exact) mass is 505 g/mol. The molecule has 3 aromatic carbocycles. The van der Waals surface area contributed by atoms with Crippen LogP contribution in [-0.2, 0) is 4.79 Å². The van der Waals surface area contributed by atoms with E-state index in [9.17, 15) is 9.59 Å². The van der Waals surface area contributed by atoms with Gasteiger partial charge in [0.05, 0.1) is 5.69 Å². The van der Waals surface area contributed by atoms with Gasteiger partial charge >= 0.3 is 13.9 Å². The van der Waals surface area contributed by atoms with Gasteiger partial charge in [0.25, 0.3) is 0 Å². The van der Waals surface area contributed by atoms with Crippen LogP contribution >= 0.6 is 11.6 Å². The average molecular weight is 506 g/mol. The highest BCUT2D eigenvalue weighted by molar-refractivity contribution is 7.00. The zero-order valence-electron chi connectivity index (χ0n) is 20.2. The molecule has 1 aromatic heterocycles. The molecule has 180 valence electrons. The lowest BCUT2D eigenvalue weighted by atomic mass is 10.1. The molecule has 1 amide bonds. The summed E-state index contributed by atoms with van der Waals surface area (Å²) in [6, 6.07) is 25.6. The number of hydrogen-bond donors (Lipinski definition) is 1. The van der Waals surface area contributed by atoms with Crippen molar-refractivity contribution in [3.8, 4) is 5.75 Å². The second-order valence-electron chi connectivity index (χ2n) is 9.49. The molecule has 0 fully saturated rings. The quantitative estimate of drug-likeness (QED) is 0.222. The number of nitrogens with one attached hydrogen (secondary N) is 1. The van der Waals surface area contributed by atoms with Crippen LogP contribution < -0.4 is 25.7 Å². The molecule has 35 heavy (non-hydrogen) atoms. The summed E-state index contributed by atoms with van der Waals surface area (Å²) < 4.78 is 12.7. The first-order chi connectivity index (χ1) is 16.7. The van der Waals surface area contributed by atoms with E-state index in [0.717, 1.165) is 10.4 Å². The summed E-state index contributed by atoms with van der Waals surface area (Å²) in [7, 11) is -2.88. The Hall–Kier alpha value is -3.35. The molecule has 0 aliphatic heterocycles. The predicted molar refractivity (Wildman–Crippen MR) is 145 cm³/mol. The maximum atomic E-state index is 12.3. The molecule has 5 nitrogen and oxygen atoms in total. The fraction of sp³-hybridized carbons (Fsp3) is 0.214. The lowest BCUT2D eigenvalue weighted by Gasteiger charge is -2.43. The van der Waals surface area contributed by atoms with Crippen LogP contribution in [-0.4, -0.2) is 20.1 Å². The van der Waals surface area contributed by atoms with Crippen molar-refractivity contribution in [2.45, 2.75) is 32.7 Å². The average Bonchev–Trinajstić information content (AvgIpc) is 2.84. The van der Waals surface area contributed by atoms with Crippen LogP contribution in [0.15, 0.2) is 88.1 Å². The van der Waals surface area contributed by atoms with Crippen molar-refractivity contribution >= 4 is 52.9 Å². The number of carbonyl (C=O) groups excluding carboxylic acids is 1. The Bertz CT molecular complexity index is 1370. The Kier molecular flexibility index (Phi) is 6.88. The molecule has 4 aromatic rings. The van der Waals surface area contributed by atoms with E-state index in [1.807, 2.05) is 55.5 Å². The summed E-state index contributed by atoms with van der Waals surface area (Å²) in [5.41, 5.74) is 0.863. The number of benzene rings is 3. The molecular formula is C28H28ClNO4Si. The summed E-state index contributed by atoms with van der Waals surface area (Å²) in [4.78, 5) is 24.2. The van der Waals surface area contributed by atoms with Crippen LogP contribution in [0.1, 0.15) is 26.3 Å². The van der Waals surface area contributed by atoms with Crippen molar-refractivity contribution in [2.75, 3.05) is 11.2 Å². The van der Waals surface area contributed by atoms with Gasteiger partial charge in [0.15, 0.2) is 0 Å². The number of amides is 1. The summed E-state index contributed by atoms with van der Waals surface area (Å²) in [6.07, 6.45) is 0. The van der Waals surface area contributed by atoms with Gasteiger partial charge in [-0.15, -0.1) is 11.6 Å². The Labute approximate surface area is 210 Å². The Morgan fingerprint density at radius 1 is 0.971 bits per heavy atom. The van der Waals surface area contributed by atoms with Crippen molar-refractivity contribution in [1.29, 1.82) is 0 Å². The number of halogens is 1. The molecule has 1 N–H and O–H groups in total. The molecule has 0 unspecified atom stereocenters. The molecule has 4 rings (SSSR count). The van der Waals surface area contributed by atoms with Gasteiger partial charge in [0, 0.05) is 17.0 Å². The molecule has 0 spiro atoms. The number of rotatable bonds is 6. The second-order valence-corrected chi connectivity index (χ2v) is 14.0. The minimum absolute atomic E-state index is 0.213. The van der Waals surface area contributed by atoms with Crippen molar-refractivity contribution in [2.24, 2.45) is 0 Å². The molecule has 0 saturated heterocycles. The third kappa shape index (κ3) is 4.64. The smallest absolute Gasteiger partial charge is 0.338 e. The van der Waals surface area contributed by atoms with Crippen LogP contribution in [0.4, 0.5) is 5.69 Å². The molecule has 0 radical (unpaired) electrons. The second kappa shape index (κ2) is 9.72. The SMILES string of the molecule is Cc1c(O[Si](c2ccccc2)(c2ccccc2)C(C)(C)C)ccc2c(NC(=O)CCl)cc(=O)oc12. The largest absolute Gasteiger partial charge is 0.534 e. The van der Waals surface area contributed by atoms with Gasteiger partial charge in [0.1, 0.15) is 17.2 Å². The van der Waals surface area contributed by atoms with Gasteiger partial charge in [-0.05, 0) is 34.5 Å². The van der Waals surface area contributed by atoms with Crippen molar-refractivity contribution in [3.63, 3.8) is 0 Å². The van der Waals surface area contributed by atoms with Crippen molar-refractivity contribution < 1.29 is 13.6 Å². The number of carbonyl (C=O) groups is 1. The number of fused-ring (bicyclic) bond motifs is 1. The summed E-state index contributed by atoms with van der Waals surface area (Å²) >= 11 is 5.65. The van der Waals surface area contributed by atoms with Gasteiger partial charge < -0.3 is 14.2 Å². The van der Waals surface area contributed by atoms with Crippen LogP contribution in [0.5, 0.6) is 5.75 Å². The molecule has 0 saturated carbocycles. The minimum atomic E-state index is -2.88. The number of alkyl halides is 1. The first-order valence-corrected chi connectivity index (χ1v) is 13.8. The van der Waals surface area contributed by atoms with Crippen LogP contribution in [0.25, 0.3) is 11.0 Å². The highest BCUT2D eigenvalue weighted by Gasteiger charge is 2.52. The first-order valence-electron chi connectivity index (χ1n) is 11.4. The summed E-state index contributed by atoms with van der Waals surface area (Å²) in [5, 5.41) is 5.34. The van der Waals surface area contributed by atoms with E-state index < -0.39 is 19.9 Å². The molecule has 0 aliphatic carbocycles. The number of aryl methyl sites for hydroxylation is 1. The lowest BCUT2D eigenvalue weighted by molar-refractivity contribution is -0.113. The molecule has 1 heterocycles. The van der Waals surface area contributed by atoms with Crippen LogP contribution in [0, 0.1) is 6.92 Å². The maximum absolute atomic E-state index is 12.3. The fourth-order valence-electron chi connectivity index (χ4n) is 4.55. The topological polar surface area (TPSA) is 68.5 Å². The Morgan fingerprint density at radius 3 is 2.06 bits per heavy atom.